The van der Waals surface area contributed by atoms with Crippen molar-refractivity contribution in [3.05, 3.63) is 53.9 Å². The monoisotopic (exact) mass is 962 g/mol. The molecule has 0 spiro atoms. The maximum Gasteiger partial charge on any atom is 0.253 e. The molecule has 0 saturated heterocycles. The molecule has 0 aliphatic heterocycles. The van der Waals surface area contributed by atoms with E-state index in [4.69, 9.17) is 75.8 Å². The molecular weight excluding hydrogens is 883 g/mol. The molecule has 2 aromatic rings. The molecular formula is C46H79N3O18. The van der Waals surface area contributed by atoms with Crippen molar-refractivity contribution < 1.29 is 85.4 Å². The average molecular weight is 962 g/mol. The van der Waals surface area contributed by atoms with Gasteiger partial charge in [0, 0.05) is 39.7 Å². The first-order chi connectivity index (χ1) is 33.2. The Labute approximate surface area is 396 Å². The summed E-state index contributed by atoms with van der Waals surface area (Å²) in [6.45, 7) is 14.5. The Balaban J connectivity index is 1.44. The van der Waals surface area contributed by atoms with Gasteiger partial charge in [-0.15, -0.1) is 0 Å². The molecule has 0 unspecified atom stereocenters. The summed E-state index contributed by atoms with van der Waals surface area (Å²) in [7, 11) is 3.27. The van der Waals surface area contributed by atoms with E-state index < -0.39 is 0 Å². The number of nitrogens with zero attached hydrogens (tertiary/aromatic N) is 1. The largest absolute Gasteiger partial charge is 0.382 e. The molecule has 386 valence electrons. The second-order valence-electron chi connectivity index (χ2n) is 13.9. The molecule has 67 heavy (non-hydrogen) atoms. The van der Waals surface area contributed by atoms with Gasteiger partial charge in [0.2, 0.25) is 0 Å². The molecule has 0 bridgehead atoms. The number of methoxy groups -OCH3 is 2. The maximum absolute atomic E-state index is 13.3. The SMILES string of the molecule is COCCOCCOCCOCCOCCOCCOCCOCCNC(=O)c1cccc(C(=O)NCCOCCOCCOCCOCCOCCOCCOCCOC)c1-n1cccc1. The Kier molecular flexibility index (Phi) is 41.6. The molecule has 0 atom stereocenters. The van der Waals surface area contributed by atoms with E-state index in [1.54, 1.807) is 49.4 Å². The first-order valence-corrected chi connectivity index (χ1v) is 23.1. The summed E-state index contributed by atoms with van der Waals surface area (Å²) in [5.41, 5.74) is 1.18. The average Bonchev–Trinajstić information content (AvgIpc) is 3.89. The van der Waals surface area contributed by atoms with Crippen LogP contribution in [-0.2, 0) is 75.8 Å². The summed E-state index contributed by atoms with van der Waals surface area (Å²) in [5.74, 6) is -0.656. The predicted octanol–water partition coefficient (Wildman–Crippen LogP) is 1.46. The van der Waals surface area contributed by atoms with Gasteiger partial charge in [0.15, 0.2) is 0 Å². The van der Waals surface area contributed by atoms with Gasteiger partial charge in [-0.1, -0.05) is 6.07 Å². The van der Waals surface area contributed by atoms with Gasteiger partial charge in [-0.05, 0) is 24.3 Å². The van der Waals surface area contributed by atoms with Crippen LogP contribution in [0.1, 0.15) is 20.7 Å². The van der Waals surface area contributed by atoms with Gasteiger partial charge in [0.05, 0.1) is 215 Å². The fourth-order valence-electron chi connectivity index (χ4n) is 5.46. The van der Waals surface area contributed by atoms with Crippen molar-refractivity contribution in [1.29, 1.82) is 0 Å². The molecule has 0 saturated carbocycles. The standard InChI is InChI=1S/C46H79N3O18/c1-52-14-16-56-22-24-60-30-32-64-38-40-66-36-34-62-28-26-58-20-18-54-12-8-47-45(50)42-6-5-7-43(44(42)49-10-3-4-11-49)46(51)48-9-13-55-19-21-59-27-29-63-35-37-67-41-39-65-33-31-61-25-23-57-17-15-53-2/h3-7,10-11H,8-9,12-41H2,1-2H3,(H,47,50)(H,48,51). The highest BCUT2D eigenvalue weighted by Crippen LogP contribution is 2.21. The Morgan fingerprint density at radius 2 is 0.567 bits per heavy atom. The van der Waals surface area contributed by atoms with Gasteiger partial charge in [-0.3, -0.25) is 9.59 Å². The Bertz CT molecular complexity index is 1310. The molecule has 2 rings (SSSR count). The smallest absolute Gasteiger partial charge is 0.253 e. The van der Waals surface area contributed by atoms with E-state index in [0.717, 1.165) is 0 Å². The van der Waals surface area contributed by atoms with Crippen molar-refractivity contribution in [1.82, 2.24) is 15.2 Å². The van der Waals surface area contributed by atoms with Crippen molar-refractivity contribution >= 4 is 11.8 Å². The van der Waals surface area contributed by atoms with Crippen LogP contribution >= 0.6 is 0 Å². The van der Waals surface area contributed by atoms with E-state index in [1.807, 2.05) is 12.1 Å². The van der Waals surface area contributed by atoms with Crippen LogP contribution in [0.2, 0.25) is 0 Å². The zero-order valence-electron chi connectivity index (χ0n) is 40.0. The molecule has 21 nitrogen and oxygen atoms in total. The van der Waals surface area contributed by atoms with Gasteiger partial charge >= 0.3 is 0 Å². The normalized spacial score (nSPS) is 11.4. The molecule has 0 aliphatic rings. The topological polar surface area (TPSA) is 211 Å². The molecule has 0 fully saturated rings. The number of para-hydroxylation sites is 1. The lowest BCUT2D eigenvalue weighted by Crippen LogP contribution is -2.31. The third-order valence-corrected chi connectivity index (χ3v) is 8.78. The summed E-state index contributed by atoms with van der Waals surface area (Å²) in [4.78, 5) is 26.6. The molecule has 0 aliphatic carbocycles. The molecule has 1 heterocycles. The highest BCUT2D eigenvalue weighted by atomic mass is 16.6. The molecule has 21 heteroatoms. The van der Waals surface area contributed by atoms with Crippen molar-refractivity contribution in [2.75, 3.05) is 226 Å². The maximum atomic E-state index is 13.3. The lowest BCUT2D eigenvalue weighted by molar-refractivity contribution is -0.0220. The molecule has 0 radical (unpaired) electrons. The van der Waals surface area contributed by atoms with E-state index in [1.165, 1.54) is 0 Å². The van der Waals surface area contributed by atoms with Crippen LogP contribution in [-0.4, -0.2) is 242 Å². The number of aromatic nitrogens is 1. The molecule has 2 N–H and O–H groups in total. The van der Waals surface area contributed by atoms with E-state index in [-0.39, 0.29) is 24.9 Å². The van der Waals surface area contributed by atoms with E-state index in [9.17, 15) is 9.59 Å². The summed E-state index contributed by atoms with van der Waals surface area (Å²) in [5, 5.41) is 5.77. The van der Waals surface area contributed by atoms with Gasteiger partial charge in [0.1, 0.15) is 0 Å². The van der Waals surface area contributed by atoms with Crippen LogP contribution in [0.15, 0.2) is 42.7 Å². The number of hydrogen-bond donors (Lipinski definition) is 2. The minimum atomic E-state index is -0.328. The highest BCUT2D eigenvalue weighted by Gasteiger charge is 2.20. The van der Waals surface area contributed by atoms with Gasteiger partial charge in [-0.2, -0.15) is 0 Å². The predicted molar refractivity (Wildman–Crippen MR) is 246 cm³/mol. The Morgan fingerprint density at radius 3 is 0.806 bits per heavy atom. The van der Waals surface area contributed by atoms with Gasteiger partial charge in [0.25, 0.3) is 11.8 Å². The van der Waals surface area contributed by atoms with E-state index in [2.05, 4.69) is 10.6 Å². The summed E-state index contributed by atoms with van der Waals surface area (Å²) in [6.07, 6.45) is 3.57. The summed E-state index contributed by atoms with van der Waals surface area (Å²) < 4.78 is 88.3. The lowest BCUT2D eigenvalue weighted by atomic mass is 10.0. The number of hydrogen-bond acceptors (Lipinski definition) is 18. The van der Waals surface area contributed by atoms with Crippen LogP contribution in [0.4, 0.5) is 0 Å². The fraction of sp³-hybridized carbons (Fsp3) is 0.739. The first kappa shape index (κ1) is 59.9. The fourth-order valence-corrected chi connectivity index (χ4v) is 5.46. The van der Waals surface area contributed by atoms with E-state index >= 15 is 0 Å². The summed E-state index contributed by atoms with van der Waals surface area (Å²) in [6, 6.07) is 8.72. The van der Waals surface area contributed by atoms with E-state index in [0.29, 0.717) is 215 Å². The molecule has 1 aromatic carbocycles. The number of carbonyl (C=O) groups excluding carboxylic acids is 2. The van der Waals surface area contributed by atoms with Gasteiger partial charge in [-0.25, -0.2) is 0 Å². The minimum absolute atomic E-state index is 0.277. The van der Waals surface area contributed by atoms with Crippen LogP contribution in [0, 0.1) is 0 Å². The zero-order chi connectivity index (χ0) is 47.8. The van der Waals surface area contributed by atoms with Crippen LogP contribution in [0.3, 0.4) is 0 Å². The zero-order valence-corrected chi connectivity index (χ0v) is 40.0. The quantitative estimate of drug-likeness (QED) is 0.0900. The van der Waals surface area contributed by atoms with Crippen molar-refractivity contribution in [2.24, 2.45) is 0 Å². The Morgan fingerprint density at radius 1 is 0.343 bits per heavy atom. The minimum Gasteiger partial charge on any atom is -0.382 e. The second kappa shape index (κ2) is 46.5. The Hall–Kier alpha value is -3.20. The number of rotatable bonds is 51. The summed E-state index contributed by atoms with van der Waals surface area (Å²) >= 11 is 0. The number of benzene rings is 1. The number of ether oxygens (including phenoxy) is 16. The second-order valence-corrected chi connectivity index (χ2v) is 13.9. The third kappa shape index (κ3) is 34.7. The van der Waals surface area contributed by atoms with Crippen molar-refractivity contribution in [2.45, 2.75) is 0 Å². The highest BCUT2D eigenvalue weighted by molar-refractivity contribution is 6.05. The van der Waals surface area contributed by atoms with Gasteiger partial charge < -0.3 is 91.0 Å². The van der Waals surface area contributed by atoms with Crippen molar-refractivity contribution in [3.63, 3.8) is 0 Å². The number of carbonyl (C=O) groups is 2. The third-order valence-electron chi connectivity index (χ3n) is 8.78. The van der Waals surface area contributed by atoms with Crippen LogP contribution in [0.5, 0.6) is 0 Å². The molecule has 2 amide bonds. The van der Waals surface area contributed by atoms with Crippen LogP contribution < -0.4 is 10.6 Å². The lowest BCUT2D eigenvalue weighted by Gasteiger charge is -2.16. The first-order valence-electron chi connectivity index (χ1n) is 23.1. The van der Waals surface area contributed by atoms with Crippen molar-refractivity contribution in [3.8, 4) is 5.69 Å². The van der Waals surface area contributed by atoms with Crippen LogP contribution in [0.25, 0.3) is 5.69 Å². The number of amides is 2. The number of nitrogens with one attached hydrogen (secondary N) is 2. The molecule has 1 aromatic heterocycles.